The predicted octanol–water partition coefficient (Wildman–Crippen LogP) is 2.30. The van der Waals surface area contributed by atoms with Gasteiger partial charge in [-0.1, -0.05) is 0 Å². The monoisotopic (exact) mass is 411 g/mol. The first-order valence-corrected chi connectivity index (χ1v) is 9.26. The zero-order valence-electron chi connectivity index (χ0n) is 12.8. The van der Waals surface area contributed by atoms with E-state index in [4.69, 9.17) is 5.73 Å². The molecule has 1 fully saturated rings. The molecule has 8 heteroatoms. The minimum atomic E-state index is -3.46. The highest BCUT2D eigenvalue weighted by atomic mass is 79.9. The number of benzene rings is 1. The van der Waals surface area contributed by atoms with Crippen molar-refractivity contribution in [1.82, 2.24) is 4.31 Å². The van der Waals surface area contributed by atoms with Gasteiger partial charge in [0.2, 0.25) is 10.0 Å². The molecular formula is C14H23BrClN3O2S. The van der Waals surface area contributed by atoms with E-state index in [1.807, 2.05) is 25.1 Å². The third kappa shape index (κ3) is 4.14. The molecule has 2 rings (SSSR count). The van der Waals surface area contributed by atoms with Crippen molar-refractivity contribution in [1.29, 1.82) is 0 Å². The SMILES string of the molecule is CN(C)c1ccc(Br)c(S(=O)(=O)N2CCC(CN)CC2)c1.Cl. The van der Waals surface area contributed by atoms with E-state index >= 15 is 0 Å². The van der Waals surface area contributed by atoms with Gasteiger partial charge in [-0.15, -0.1) is 12.4 Å². The fourth-order valence-electron chi connectivity index (χ4n) is 2.49. The molecule has 0 radical (unpaired) electrons. The van der Waals surface area contributed by atoms with Crippen molar-refractivity contribution < 1.29 is 8.42 Å². The molecule has 0 spiro atoms. The Kier molecular flexibility index (Phi) is 7.14. The maximum Gasteiger partial charge on any atom is 0.244 e. The Morgan fingerprint density at radius 1 is 1.32 bits per heavy atom. The highest BCUT2D eigenvalue weighted by Gasteiger charge is 2.30. The summed E-state index contributed by atoms with van der Waals surface area (Å²) in [6, 6.07) is 5.40. The summed E-state index contributed by atoms with van der Waals surface area (Å²) in [5.41, 5.74) is 6.53. The molecule has 0 unspecified atom stereocenters. The molecule has 1 aliphatic rings. The lowest BCUT2D eigenvalue weighted by atomic mass is 9.99. The van der Waals surface area contributed by atoms with Crippen molar-refractivity contribution in [2.75, 3.05) is 38.6 Å². The fraction of sp³-hybridized carbons (Fsp3) is 0.571. The summed E-state index contributed by atoms with van der Waals surface area (Å²) in [5.74, 6) is 0.438. The zero-order valence-corrected chi connectivity index (χ0v) is 16.0. The van der Waals surface area contributed by atoms with Crippen LogP contribution < -0.4 is 10.6 Å². The highest BCUT2D eigenvalue weighted by molar-refractivity contribution is 9.10. The quantitative estimate of drug-likeness (QED) is 0.824. The fourth-order valence-corrected chi connectivity index (χ4v) is 4.91. The molecule has 1 heterocycles. The van der Waals surface area contributed by atoms with Gasteiger partial charge in [-0.2, -0.15) is 4.31 Å². The molecule has 0 amide bonds. The summed E-state index contributed by atoms with van der Waals surface area (Å²) in [5, 5.41) is 0. The Balaban J connectivity index is 0.00000242. The molecule has 1 aliphatic heterocycles. The zero-order chi connectivity index (χ0) is 15.6. The third-order valence-corrected chi connectivity index (χ3v) is 6.85. The van der Waals surface area contributed by atoms with Gasteiger partial charge in [0.25, 0.3) is 0 Å². The van der Waals surface area contributed by atoms with Crippen molar-refractivity contribution in [3.05, 3.63) is 22.7 Å². The molecule has 1 saturated heterocycles. The third-order valence-electron chi connectivity index (χ3n) is 3.96. The molecule has 5 nitrogen and oxygen atoms in total. The van der Waals surface area contributed by atoms with Crippen molar-refractivity contribution in [3.63, 3.8) is 0 Å². The Bertz CT molecular complexity index is 602. The van der Waals surface area contributed by atoms with E-state index in [0.717, 1.165) is 18.5 Å². The van der Waals surface area contributed by atoms with Crippen molar-refractivity contribution in [2.24, 2.45) is 11.7 Å². The Morgan fingerprint density at radius 3 is 2.41 bits per heavy atom. The molecule has 0 bridgehead atoms. The summed E-state index contributed by atoms with van der Waals surface area (Å²) in [6.07, 6.45) is 1.67. The van der Waals surface area contributed by atoms with Gasteiger partial charge in [0.05, 0.1) is 4.90 Å². The number of sulfonamides is 1. The molecule has 1 aromatic rings. The first-order chi connectivity index (χ1) is 9.86. The molecule has 0 saturated carbocycles. The molecule has 0 aliphatic carbocycles. The Morgan fingerprint density at radius 2 is 1.91 bits per heavy atom. The van der Waals surface area contributed by atoms with Crippen molar-refractivity contribution >= 4 is 44.0 Å². The summed E-state index contributed by atoms with van der Waals surface area (Å²) >= 11 is 3.36. The first-order valence-electron chi connectivity index (χ1n) is 7.03. The van der Waals surface area contributed by atoms with Crippen LogP contribution in [0.15, 0.2) is 27.6 Å². The van der Waals surface area contributed by atoms with Crippen LogP contribution in [0.4, 0.5) is 5.69 Å². The van der Waals surface area contributed by atoms with Gasteiger partial charge >= 0.3 is 0 Å². The summed E-state index contributed by atoms with van der Waals surface area (Å²) in [6.45, 7) is 1.72. The topological polar surface area (TPSA) is 66.6 Å². The van der Waals surface area contributed by atoms with Crippen LogP contribution in [-0.2, 0) is 10.0 Å². The van der Waals surface area contributed by atoms with Crippen LogP contribution in [0.5, 0.6) is 0 Å². The number of piperidine rings is 1. The highest BCUT2D eigenvalue weighted by Crippen LogP contribution is 2.31. The maximum atomic E-state index is 12.8. The van der Waals surface area contributed by atoms with Gasteiger partial charge in [0, 0.05) is 37.3 Å². The Hall–Kier alpha value is -0.340. The second-order valence-corrected chi connectivity index (χ2v) is 8.35. The van der Waals surface area contributed by atoms with Gasteiger partial charge in [-0.05, 0) is 59.4 Å². The lowest BCUT2D eigenvalue weighted by Gasteiger charge is -2.31. The van der Waals surface area contributed by atoms with E-state index < -0.39 is 10.0 Å². The minimum Gasteiger partial charge on any atom is -0.378 e. The molecule has 126 valence electrons. The lowest BCUT2D eigenvalue weighted by molar-refractivity contribution is 0.278. The van der Waals surface area contributed by atoms with E-state index in [-0.39, 0.29) is 12.4 Å². The van der Waals surface area contributed by atoms with E-state index in [9.17, 15) is 8.42 Å². The van der Waals surface area contributed by atoms with E-state index in [0.29, 0.717) is 34.9 Å². The molecule has 22 heavy (non-hydrogen) atoms. The number of anilines is 1. The van der Waals surface area contributed by atoms with Gasteiger partial charge in [-0.3, -0.25) is 0 Å². The van der Waals surface area contributed by atoms with Gasteiger partial charge in [0.15, 0.2) is 0 Å². The van der Waals surface area contributed by atoms with Crippen LogP contribution in [0.1, 0.15) is 12.8 Å². The van der Waals surface area contributed by atoms with Gasteiger partial charge in [-0.25, -0.2) is 8.42 Å². The molecule has 1 aromatic carbocycles. The van der Waals surface area contributed by atoms with Crippen LogP contribution in [0.25, 0.3) is 0 Å². The molecule has 2 N–H and O–H groups in total. The normalized spacial score (nSPS) is 17.1. The summed E-state index contributed by atoms with van der Waals surface area (Å²) < 4.78 is 27.8. The van der Waals surface area contributed by atoms with Crippen LogP contribution in [-0.4, -0.2) is 46.5 Å². The largest absolute Gasteiger partial charge is 0.378 e. The van der Waals surface area contributed by atoms with E-state index in [2.05, 4.69) is 15.9 Å². The average Bonchev–Trinajstić information content (AvgIpc) is 2.47. The molecule has 0 atom stereocenters. The molecular weight excluding hydrogens is 390 g/mol. The summed E-state index contributed by atoms with van der Waals surface area (Å²) in [4.78, 5) is 2.23. The number of rotatable bonds is 4. The van der Waals surface area contributed by atoms with Gasteiger partial charge < -0.3 is 10.6 Å². The number of hydrogen-bond acceptors (Lipinski definition) is 4. The van der Waals surface area contributed by atoms with Gasteiger partial charge in [0.1, 0.15) is 0 Å². The summed E-state index contributed by atoms with van der Waals surface area (Å²) in [7, 11) is 0.329. The van der Waals surface area contributed by atoms with Crippen LogP contribution in [0, 0.1) is 5.92 Å². The second-order valence-electron chi connectivity index (χ2n) is 5.59. The van der Waals surface area contributed by atoms with Crippen LogP contribution in [0.2, 0.25) is 0 Å². The van der Waals surface area contributed by atoms with E-state index in [1.165, 1.54) is 0 Å². The predicted molar refractivity (Wildman–Crippen MR) is 96.3 cm³/mol. The number of nitrogens with zero attached hydrogens (tertiary/aromatic N) is 2. The number of nitrogens with two attached hydrogens (primary N) is 1. The number of halogens is 2. The smallest absolute Gasteiger partial charge is 0.244 e. The minimum absolute atomic E-state index is 0. The van der Waals surface area contributed by atoms with E-state index in [1.54, 1.807) is 16.4 Å². The second kappa shape index (κ2) is 7.97. The number of hydrogen-bond donors (Lipinski definition) is 1. The van der Waals surface area contributed by atoms with Crippen LogP contribution in [0.3, 0.4) is 0 Å². The average molecular weight is 413 g/mol. The van der Waals surface area contributed by atoms with Crippen LogP contribution >= 0.6 is 28.3 Å². The standard InChI is InChI=1S/C14H22BrN3O2S.ClH/c1-17(2)12-3-4-13(15)14(9-12)21(19,20)18-7-5-11(10-16)6-8-18;/h3-4,9,11H,5-8,10,16H2,1-2H3;1H. The lowest BCUT2D eigenvalue weighted by Crippen LogP contribution is -2.40. The maximum absolute atomic E-state index is 12.8. The van der Waals surface area contributed by atoms with Crippen molar-refractivity contribution in [2.45, 2.75) is 17.7 Å². The first kappa shape index (κ1) is 19.7. The Labute approximate surface area is 147 Å². The van der Waals surface area contributed by atoms with Crippen molar-refractivity contribution in [3.8, 4) is 0 Å². The molecule has 0 aromatic heterocycles.